The fraction of sp³-hybridized carbons (Fsp3) is 0.350. The van der Waals surface area contributed by atoms with Crippen molar-refractivity contribution in [3.05, 3.63) is 41.8 Å². The Morgan fingerprint density at radius 2 is 1.81 bits per heavy atom. The van der Waals surface area contributed by atoms with E-state index in [1.54, 1.807) is 15.9 Å². The Labute approximate surface area is 182 Å². The third kappa shape index (κ3) is 4.08. The number of hydrogen-bond acceptors (Lipinski definition) is 8. The molecule has 10 nitrogen and oxygen atoms in total. The van der Waals surface area contributed by atoms with Crippen molar-refractivity contribution in [2.45, 2.75) is 12.6 Å². The molecule has 1 aromatic carbocycles. The standard InChI is InChI=1S/C20H20N6O4S/c27-18(12-26-22-19(21-23-26)17-6-3-11-31-17)24-7-9-25(10-8-24)20(28)16-13-29-14-4-1-2-5-15(14)30-16/h1-6,11,16H,7-10,12-13H2/t16-/m1/s1. The van der Waals surface area contributed by atoms with E-state index >= 15 is 0 Å². The van der Waals surface area contributed by atoms with Gasteiger partial charge in [0.15, 0.2) is 11.5 Å². The molecule has 31 heavy (non-hydrogen) atoms. The average molecular weight is 440 g/mol. The zero-order valence-electron chi connectivity index (χ0n) is 16.6. The van der Waals surface area contributed by atoms with Crippen LogP contribution in [0.25, 0.3) is 10.7 Å². The molecule has 1 fully saturated rings. The van der Waals surface area contributed by atoms with Gasteiger partial charge < -0.3 is 19.3 Å². The first-order valence-electron chi connectivity index (χ1n) is 9.94. The zero-order valence-corrected chi connectivity index (χ0v) is 17.4. The summed E-state index contributed by atoms with van der Waals surface area (Å²) in [6, 6.07) is 11.1. The number of fused-ring (bicyclic) bond motifs is 1. The Morgan fingerprint density at radius 3 is 2.58 bits per heavy atom. The molecule has 0 aliphatic carbocycles. The van der Waals surface area contributed by atoms with Crippen LogP contribution in [0.15, 0.2) is 41.8 Å². The van der Waals surface area contributed by atoms with E-state index in [4.69, 9.17) is 9.47 Å². The van der Waals surface area contributed by atoms with Gasteiger partial charge in [-0.05, 0) is 28.8 Å². The number of ether oxygens (including phenoxy) is 2. The highest BCUT2D eigenvalue weighted by Gasteiger charge is 2.33. The molecule has 2 aliphatic rings. The van der Waals surface area contributed by atoms with Gasteiger partial charge in [0.1, 0.15) is 13.2 Å². The van der Waals surface area contributed by atoms with E-state index in [0.29, 0.717) is 43.5 Å². The largest absolute Gasteiger partial charge is 0.485 e. The molecular weight excluding hydrogens is 420 g/mol. The lowest BCUT2D eigenvalue weighted by atomic mass is 10.2. The topological polar surface area (TPSA) is 103 Å². The first kappa shape index (κ1) is 19.5. The average Bonchev–Trinajstić information content (AvgIpc) is 3.50. The van der Waals surface area contributed by atoms with E-state index in [0.717, 1.165) is 4.88 Å². The van der Waals surface area contributed by atoms with Crippen LogP contribution >= 0.6 is 11.3 Å². The molecule has 2 aliphatic heterocycles. The van der Waals surface area contributed by atoms with E-state index < -0.39 is 6.10 Å². The number of benzene rings is 1. The van der Waals surface area contributed by atoms with Crippen molar-refractivity contribution in [3.8, 4) is 22.2 Å². The Hall–Kier alpha value is -3.47. The quantitative estimate of drug-likeness (QED) is 0.594. The van der Waals surface area contributed by atoms with Crippen molar-refractivity contribution in [3.63, 3.8) is 0 Å². The molecule has 11 heteroatoms. The predicted octanol–water partition coefficient (Wildman–Crippen LogP) is 0.912. The number of nitrogens with zero attached hydrogens (tertiary/aromatic N) is 6. The summed E-state index contributed by atoms with van der Waals surface area (Å²) in [5.41, 5.74) is 0. The number of amides is 2. The third-order valence-corrected chi connectivity index (χ3v) is 6.06. The minimum Gasteiger partial charge on any atom is -0.485 e. The smallest absolute Gasteiger partial charge is 0.267 e. The molecule has 160 valence electrons. The Balaban J connectivity index is 1.13. The maximum Gasteiger partial charge on any atom is 0.267 e. The number of para-hydroxylation sites is 2. The molecular formula is C20H20N6O4S. The second-order valence-corrected chi connectivity index (χ2v) is 8.14. The second-order valence-electron chi connectivity index (χ2n) is 7.19. The molecule has 0 radical (unpaired) electrons. The van der Waals surface area contributed by atoms with Crippen LogP contribution in [0.4, 0.5) is 0 Å². The van der Waals surface area contributed by atoms with Gasteiger partial charge in [0.05, 0.1) is 4.88 Å². The maximum absolute atomic E-state index is 12.8. The molecule has 0 N–H and O–H groups in total. The Bertz CT molecular complexity index is 1080. The summed E-state index contributed by atoms with van der Waals surface area (Å²) >= 11 is 1.52. The van der Waals surface area contributed by atoms with Crippen LogP contribution in [0.5, 0.6) is 11.5 Å². The van der Waals surface area contributed by atoms with Gasteiger partial charge in [-0.25, -0.2) is 0 Å². The van der Waals surface area contributed by atoms with Gasteiger partial charge in [0.2, 0.25) is 17.8 Å². The van der Waals surface area contributed by atoms with Crippen LogP contribution in [-0.2, 0) is 16.1 Å². The van der Waals surface area contributed by atoms with Crippen LogP contribution < -0.4 is 9.47 Å². The molecule has 2 amide bonds. The number of carbonyl (C=O) groups excluding carboxylic acids is 2. The van der Waals surface area contributed by atoms with Crippen LogP contribution in [0.2, 0.25) is 0 Å². The summed E-state index contributed by atoms with van der Waals surface area (Å²) in [5, 5.41) is 14.2. The third-order valence-electron chi connectivity index (χ3n) is 5.20. The van der Waals surface area contributed by atoms with E-state index in [1.165, 1.54) is 16.1 Å². The molecule has 0 saturated carbocycles. The fourth-order valence-corrected chi connectivity index (χ4v) is 4.20. The van der Waals surface area contributed by atoms with Crippen molar-refractivity contribution < 1.29 is 19.1 Å². The van der Waals surface area contributed by atoms with Crippen molar-refractivity contribution in [2.75, 3.05) is 32.8 Å². The lowest BCUT2D eigenvalue weighted by Crippen LogP contribution is -2.55. The number of rotatable bonds is 4. The SMILES string of the molecule is O=C(Cn1nnc(-c2cccs2)n1)N1CCN(C(=O)[C@H]2COc3ccccc3O2)CC1. The minimum atomic E-state index is -0.674. The molecule has 1 atom stereocenters. The molecule has 5 rings (SSSR count). The number of thiophene rings is 1. The summed E-state index contributed by atoms with van der Waals surface area (Å²) in [6.07, 6.45) is -0.674. The molecule has 0 unspecified atom stereocenters. The van der Waals surface area contributed by atoms with Gasteiger partial charge in [-0.2, -0.15) is 4.80 Å². The van der Waals surface area contributed by atoms with Crippen molar-refractivity contribution in [1.29, 1.82) is 0 Å². The monoisotopic (exact) mass is 440 g/mol. The lowest BCUT2D eigenvalue weighted by molar-refractivity contribution is -0.146. The first-order chi connectivity index (χ1) is 15.2. The van der Waals surface area contributed by atoms with Gasteiger partial charge in [0, 0.05) is 26.2 Å². The Kier molecular flexibility index (Phi) is 5.24. The molecule has 3 aromatic rings. The summed E-state index contributed by atoms with van der Waals surface area (Å²) in [4.78, 5) is 31.1. The van der Waals surface area contributed by atoms with Crippen LogP contribution in [-0.4, -0.2) is 80.7 Å². The number of hydrogen-bond donors (Lipinski definition) is 0. The summed E-state index contributed by atoms with van der Waals surface area (Å²) in [7, 11) is 0. The fourth-order valence-electron chi connectivity index (χ4n) is 3.56. The van der Waals surface area contributed by atoms with E-state index in [9.17, 15) is 9.59 Å². The minimum absolute atomic E-state index is 0.0165. The van der Waals surface area contributed by atoms with Crippen LogP contribution in [0.1, 0.15) is 0 Å². The van der Waals surface area contributed by atoms with E-state index in [2.05, 4.69) is 15.4 Å². The highest BCUT2D eigenvalue weighted by Crippen LogP contribution is 2.31. The highest BCUT2D eigenvalue weighted by molar-refractivity contribution is 7.13. The van der Waals surface area contributed by atoms with Crippen LogP contribution in [0, 0.1) is 0 Å². The lowest BCUT2D eigenvalue weighted by Gasteiger charge is -2.37. The summed E-state index contributed by atoms with van der Waals surface area (Å²) < 4.78 is 11.5. The number of carbonyl (C=O) groups is 2. The molecule has 1 saturated heterocycles. The zero-order chi connectivity index (χ0) is 21.2. The maximum atomic E-state index is 12.8. The number of tetrazole rings is 1. The Morgan fingerprint density at radius 1 is 1.03 bits per heavy atom. The van der Waals surface area contributed by atoms with Gasteiger partial charge in [-0.3, -0.25) is 9.59 Å². The molecule has 0 spiro atoms. The van der Waals surface area contributed by atoms with Crippen LogP contribution in [0.3, 0.4) is 0 Å². The molecule has 4 heterocycles. The van der Waals surface area contributed by atoms with Gasteiger partial charge in [0.25, 0.3) is 5.91 Å². The van der Waals surface area contributed by atoms with Crippen molar-refractivity contribution in [1.82, 2.24) is 30.0 Å². The second kappa shape index (κ2) is 8.34. The normalized spacial score (nSPS) is 18.1. The van der Waals surface area contributed by atoms with E-state index in [1.807, 2.05) is 35.7 Å². The summed E-state index contributed by atoms with van der Waals surface area (Å²) in [5.74, 6) is 1.50. The van der Waals surface area contributed by atoms with Gasteiger partial charge in [-0.15, -0.1) is 21.5 Å². The summed E-state index contributed by atoms with van der Waals surface area (Å²) in [6.45, 7) is 1.97. The first-order valence-corrected chi connectivity index (χ1v) is 10.8. The van der Waals surface area contributed by atoms with Gasteiger partial charge in [-0.1, -0.05) is 18.2 Å². The number of aromatic nitrogens is 4. The van der Waals surface area contributed by atoms with Crippen molar-refractivity contribution >= 4 is 23.2 Å². The highest BCUT2D eigenvalue weighted by atomic mass is 32.1. The van der Waals surface area contributed by atoms with Crippen molar-refractivity contribution in [2.24, 2.45) is 0 Å². The molecule has 2 aromatic heterocycles. The molecule has 0 bridgehead atoms. The van der Waals surface area contributed by atoms with Gasteiger partial charge >= 0.3 is 0 Å². The predicted molar refractivity (Wildman–Crippen MR) is 111 cm³/mol. The van der Waals surface area contributed by atoms with E-state index in [-0.39, 0.29) is 25.0 Å². The number of piperazine rings is 1.